The molecule has 4 nitrogen and oxygen atoms in total. The van der Waals surface area contributed by atoms with Gasteiger partial charge in [-0.1, -0.05) is 6.92 Å². The van der Waals surface area contributed by atoms with Gasteiger partial charge in [-0.15, -0.1) is 0 Å². The zero-order chi connectivity index (χ0) is 12.3. The van der Waals surface area contributed by atoms with Crippen LogP contribution in [0.1, 0.15) is 32.6 Å². The Morgan fingerprint density at radius 2 is 2.24 bits per heavy atom. The highest BCUT2D eigenvalue weighted by molar-refractivity contribution is 5.81. The zero-order valence-corrected chi connectivity index (χ0v) is 11.0. The van der Waals surface area contributed by atoms with E-state index in [1.807, 2.05) is 0 Å². The number of carbonyl (C=O) groups is 1. The maximum absolute atomic E-state index is 12.2. The Morgan fingerprint density at radius 1 is 1.41 bits per heavy atom. The van der Waals surface area contributed by atoms with Gasteiger partial charge in [-0.05, 0) is 38.1 Å². The molecule has 2 atom stereocenters. The molecule has 0 amide bonds. The summed E-state index contributed by atoms with van der Waals surface area (Å²) in [4.78, 5) is 14.6. The van der Waals surface area contributed by atoms with Crippen LogP contribution in [0, 0.1) is 5.92 Å². The van der Waals surface area contributed by atoms with E-state index >= 15 is 0 Å². The predicted octanol–water partition coefficient (Wildman–Crippen LogP) is 1.01. The number of rotatable bonds is 2. The maximum atomic E-state index is 12.2. The molecule has 1 saturated carbocycles. The molecule has 0 bridgehead atoms. The summed E-state index contributed by atoms with van der Waals surface area (Å²) in [7, 11) is 1.52. The number of methoxy groups -OCH3 is 1. The van der Waals surface area contributed by atoms with Gasteiger partial charge in [0.15, 0.2) is 0 Å². The Labute approximate surface area is 104 Å². The number of nitrogens with one attached hydrogen (secondary N) is 1. The van der Waals surface area contributed by atoms with Crippen LogP contribution < -0.4 is 5.32 Å². The standard InChI is InChI=1S/C13H24N2O2/c1-11-4-5-13(10-11,12(16)17-2)15-8-3-6-14-7-9-15/h11,14H,3-10H2,1-2H3. The van der Waals surface area contributed by atoms with Crippen LogP contribution in [0.25, 0.3) is 0 Å². The summed E-state index contributed by atoms with van der Waals surface area (Å²) in [6.07, 6.45) is 4.17. The van der Waals surface area contributed by atoms with Crippen molar-refractivity contribution in [3.63, 3.8) is 0 Å². The molecule has 1 N–H and O–H groups in total. The fourth-order valence-corrected chi connectivity index (χ4v) is 3.33. The van der Waals surface area contributed by atoms with Gasteiger partial charge in [-0.3, -0.25) is 9.69 Å². The van der Waals surface area contributed by atoms with Gasteiger partial charge in [0.1, 0.15) is 5.54 Å². The van der Waals surface area contributed by atoms with Gasteiger partial charge in [-0.25, -0.2) is 0 Å². The molecule has 2 rings (SSSR count). The number of carbonyl (C=O) groups excluding carboxylic acids is 1. The fourth-order valence-electron chi connectivity index (χ4n) is 3.33. The van der Waals surface area contributed by atoms with Gasteiger partial charge in [0, 0.05) is 19.6 Å². The molecular weight excluding hydrogens is 216 g/mol. The van der Waals surface area contributed by atoms with E-state index in [-0.39, 0.29) is 11.5 Å². The summed E-state index contributed by atoms with van der Waals surface area (Å²) in [5.74, 6) is 0.606. The van der Waals surface area contributed by atoms with Crippen LogP contribution in [0.4, 0.5) is 0 Å². The van der Waals surface area contributed by atoms with Gasteiger partial charge in [0.05, 0.1) is 7.11 Å². The quantitative estimate of drug-likeness (QED) is 0.732. The lowest BCUT2D eigenvalue weighted by atomic mass is 9.93. The lowest BCUT2D eigenvalue weighted by molar-refractivity contribution is -0.155. The Balaban J connectivity index is 2.17. The molecule has 0 aromatic heterocycles. The highest BCUT2D eigenvalue weighted by atomic mass is 16.5. The molecule has 0 spiro atoms. The first-order valence-corrected chi connectivity index (χ1v) is 6.73. The minimum Gasteiger partial charge on any atom is -0.468 e. The molecule has 1 saturated heterocycles. The molecule has 0 radical (unpaired) electrons. The zero-order valence-electron chi connectivity index (χ0n) is 11.0. The van der Waals surface area contributed by atoms with Crippen LogP contribution in [-0.4, -0.2) is 49.7 Å². The fraction of sp³-hybridized carbons (Fsp3) is 0.923. The van der Waals surface area contributed by atoms with E-state index in [9.17, 15) is 4.79 Å². The second-order valence-corrected chi connectivity index (χ2v) is 5.46. The number of hydrogen-bond donors (Lipinski definition) is 1. The second kappa shape index (κ2) is 5.36. The van der Waals surface area contributed by atoms with Crippen molar-refractivity contribution >= 4 is 5.97 Å². The summed E-state index contributed by atoms with van der Waals surface area (Å²) in [5.41, 5.74) is -0.333. The summed E-state index contributed by atoms with van der Waals surface area (Å²) in [6, 6.07) is 0. The normalized spacial score (nSPS) is 35.5. The van der Waals surface area contributed by atoms with Crippen molar-refractivity contribution in [3.05, 3.63) is 0 Å². The molecule has 1 aliphatic heterocycles. The number of esters is 1. The molecule has 98 valence electrons. The van der Waals surface area contributed by atoms with Crippen LogP contribution in [0.3, 0.4) is 0 Å². The Kier molecular flexibility index (Phi) is 4.05. The smallest absolute Gasteiger partial charge is 0.326 e. The third-order valence-corrected chi connectivity index (χ3v) is 4.25. The molecule has 1 heterocycles. The highest BCUT2D eigenvalue weighted by Crippen LogP contribution is 2.40. The number of nitrogens with zero attached hydrogens (tertiary/aromatic N) is 1. The van der Waals surface area contributed by atoms with Gasteiger partial charge >= 0.3 is 5.97 Å². The van der Waals surface area contributed by atoms with E-state index in [0.29, 0.717) is 5.92 Å². The van der Waals surface area contributed by atoms with E-state index in [1.165, 1.54) is 7.11 Å². The second-order valence-electron chi connectivity index (χ2n) is 5.46. The molecule has 17 heavy (non-hydrogen) atoms. The van der Waals surface area contributed by atoms with Crippen LogP contribution in [0.2, 0.25) is 0 Å². The first kappa shape index (κ1) is 12.8. The van der Waals surface area contributed by atoms with Crippen LogP contribution in [0.15, 0.2) is 0 Å². The van der Waals surface area contributed by atoms with Crippen molar-refractivity contribution in [3.8, 4) is 0 Å². The van der Waals surface area contributed by atoms with Crippen LogP contribution >= 0.6 is 0 Å². The SMILES string of the molecule is COC(=O)C1(N2CCCNCC2)CCC(C)C1. The number of ether oxygens (including phenoxy) is 1. The average molecular weight is 240 g/mol. The van der Waals surface area contributed by atoms with E-state index < -0.39 is 0 Å². The third-order valence-electron chi connectivity index (χ3n) is 4.25. The van der Waals surface area contributed by atoms with Gasteiger partial charge in [0.25, 0.3) is 0 Å². The largest absolute Gasteiger partial charge is 0.468 e. The minimum atomic E-state index is -0.333. The maximum Gasteiger partial charge on any atom is 0.326 e. The molecule has 2 fully saturated rings. The molecule has 4 heteroatoms. The summed E-state index contributed by atoms with van der Waals surface area (Å²) < 4.78 is 5.08. The Hall–Kier alpha value is -0.610. The van der Waals surface area contributed by atoms with Gasteiger partial charge in [-0.2, -0.15) is 0 Å². The predicted molar refractivity (Wildman–Crippen MR) is 66.8 cm³/mol. The monoisotopic (exact) mass is 240 g/mol. The average Bonchev–Trinajstić information content (AvgIpc) is 2.57. The van der Waals surface area contributed by atoms with Crippen molar-refractivity contribution in [2.24, 2.45) is 5.92 Å². The molecule has 2 aliphatic rings. The summed E-state index contributed by atoms with van der Waals surface area (Å²) in [5, 5.41) is 3.39. The first-order valence-electron chi connectivity index (χ1n) is 6.73. The van der Waals surface area contributed by atoms with Crippen LogP contribution in [0.5, 0.6) is 0 Å². The Morgan fingerprint density at radius 3 is 2.88 bits per heavy atom. The van der Waals surface area contributed by atoms with Crippen molar-refractivity contribution in [2.75, 3.05) is 33.3 Å². The first-order chi connectivity index (χ1) is 8.19. The summed E-state index contributed by atoms with van der Waals surface area (Å²) >= 11 is 0. The van der Waals surface area contributed by atoms with Crippen molar-refractivity contribution in [2.45, 2.75) is 38.1 Å². The minimum absolute atomic E-state index is 0.0243. The van der Waals surface area contributed by atoms with Crippen molar-refractivity contribution in [1.82, 2.24) is 10.2 Å². The molecule has 2 unspecified atom stereocenters. The van der Waals surface area contributed by atoms with Crippen molar-refractivity contribution < 1.29 is 9.53 Å². The third kappa shape index (κ3) is 2.47. The summed E-state index contributed by atoms with van der Waals surface area (Å²) in [6.45, 7) is 6.24. The van der Waals surface area contributed by atoms with Crippen molar-refractivity contribution in [1.29, 1.82) is 0 Å². The Bertz CT molecular complexity index is 275. The van der Waals surface area contributed by atoms with Crippen LogP contribution in [-0.2, 0) is 9.53 Å². The lowest BCUT2D eigenvalue weighted by Crippen LogP contribution is -2.54. The topological polar surface area (TPSA) is 41.6 Å². The van der Waals surface area contributed by atoms with E-state index in [0.717, 1.165) is 51.9 Å². The molecule has 0 aromatic carbocycles. The molecule has 0 aromatic rings. The number of hydrogen-bond acceptors (Lipinski definition) is 4. The highest BCUT2D eigenvalue weighted by Gasteiger charge is 2.49. The molecule has 1 aliphatic carbocycles. The lowest BCUT2D eigenvalue weighted by Gasteiger charge is -2.38. The van der Waals surface area contributed by atoms with Gasteiger partial charge < -0.3 is 10.1 Å². The molecular formula is C13H24N2O2. The van der Waals surface area contributed by atoms with Gasteiger partial charge in [0.2, 0.25) is 0 Å². The van der Waals surface area contributed by atoms with E-state index in [4.69, 9.17) is 4.74 Å². The van der Waals surface area contributed by atoms with E-state index in [1.54, 1.807) is 0 Å². The van der Waals surface area contributed by atoms with E-state index in [2.05, 4.69) is 17.1 Å².